The van der Waals surface area contributed by atoms with Crippen molar-refractivity contribution in [2.45, 2.75) is 32.7 Å². The largest absolute Gasteiger partial charge is 0.355 e. The van der Waals surface area contributed by atoms with Gasteiger partial charge in [-0.05, 0) is 40.8 Å². The van der Waals surface area contributed by atoms with Crippen LogP contribution in [0.15, 0.2) is 83.4 Å². The molecule has 162 valence electrons. The molecule has 1 amide bonds. The zero-order valence-corrected chi connectivity index (χ0v) is 18.4. The molecule has 1 aromatic heterocycles. The number of amides is 1. The van der Waals surface area contributed by atoms with Crippen LogP contribution in [0.4, 0.5) is 4.39 Å². The summed E-state index contributed by atoms with van der Waals surface area (Å²) in [6.45, 7) is 6.86. The van der Waals surface area contributed by atoms with Crippen LogP contribution in [-0.2, 0) is 12.0 Å². The minimum Gasteiger partial charge on any atom is -0.355 e. The molecule has 5 heteroatoms. The van der Waals surface area contributed by atoms with E-state index in [1.165, 1.54) is 17.7 Å². The molecular formula is C27H25FN2O2. The van der Waals surface area contributed by atoms with E-state index in [0.717, 1.165) is 11.1 Å². The van der Waals surface area contributed by atoms with E-state index in [2.05, 4.69) is 43.4 Å². The molecule has 0 unspecified atom stereocenters. The maximum Gasteiger partial charge on any atom is 0.257 e. The Morgan fingerprint density at radius 1 is 0.906 bits per heavy atom. The first-order valence-corrected chi connectivity index (χ1v) is 10.5. The van der Waals surface area contributed by atoms with Crippen LogP contribution >= 0.6 is 0 Å². The molecule has 0 aliphatic carbocycles. The Morgan fingerprint density at radius 3 is 2.19 bits per heavy atom. The Labute approximate surface area is 187 Å². The highest BCUT2D eigenvalue weighted by atomic mass is 19.1. The van der Waals surface area contributed by atoms with Gasteiger partial charge in [-0.15, -0.1) is 0 Å². The predicted molar refractivity (Wildman–Crippen MR) is 124 cm³/mol. The fourth-order valence-corrected chi connectivity index (χ4v) is 3.49. The number of nitrogens with one attached hydrogen (secondary N) is 1. The van der Waals surface area contributed by atoms with Crippen molar-refractivity contribution < 1.29 is 13.7 Å². The van der Waals surface area contributed by atoms with Gasteiger partial charge in [0.25, 0.3) is 5.91 Å². The van der Waals surface area contributed by atoms with Gasteiger partial charge < -0.3 is 9.84 Å². The Hall–Kier alpha value is -3.73. The van der Waals surface area contributed by atoms with Crippen molar-refractivity contribution >= 4 is 5.91 Å². The van der Waals surface area contributed by atoms with Gasteiger partial charge in [0.2, 0.25) is 0 Å². The van der Waals surface area contributed by atoms with Crippen LogP contribution in [0.1, 0.15) is 42.3 Å². The molecule has 0 atom stereocenters. The zero-order valence-electron chi connectivity index (χ0n) is 18.4. The van der Waals surface area contributed by atoms with Crippen LogP contribution in [0.25, 0.3) is 22.6 Å². The molecule has 32 heavy (non-hydrogen) atoms. The highest BCUT2D eigenvalue weighted by Gasteiger charge is 2.25. The van der Waals surface area contributed by atoms with E-state index in [1.54, 1.807) is 12.1 Å². The summed E-state index contributed by atoms with van der Waals surface area (Å²) >= 11 is 0. The highest BCUT2D eigenvalue weighted by Crippen LogP contribution is 2.32. The average molecular weight is 429 g/mol. The highest BCUT2D eigenvalue weighted by molar-refractivity contribution is 6.04. The SMILES string of the molecule is CC(C)(C)c1ccc(CNC(=O)c2c(-c3ccc(F)cc3)noc2-c2ccccc2)cc1. The quantitative estimate of drug-likeness (QED) is 0.401. The molecule has 4 nitrogen and oxygen atoms in total. The van der Waals surface area contributed by atoms with E-state index in [1.807, 2.05) is 42.5 Å². The first-order valence-electron chi connectivity index (χ1n) is 10.5. The third-order valence-electron chi connectivity index (χ3n) is 5.35. The Kier molecular flexibility index (Phi) is 5.91. The second kappa shape index (κ2) is 8.79. The van der Waals surface area contributed by atoms with Crippen molar-refractivity contribution in [2.24, 2.45) is 0 Å². The number of carbonyl (C=O) groups is 1. The van der Waals surface area contributed by atoms with Gasteiger partial charge >= 0.3 is 0 Å². The molecule has 0 aliphatic rings. The van der Waals surface area contributed by atoms with E-state index >= 15 is 0 Å². The number of nitrogens with zero attached hydrogens (tertiary/aromatic N) is 1. The third-order valence-corrected chi connectivity index (χ3v) is 5.35. The molecule has 1 N–H and O–H groups in total. The minimum absolute atomic E-state index is 0.0683. The van der Waals surface area contributed by atoms with Gasteiger partial charge in [-0.3, -0.25) is 4.79 Å². The lowest BCUT2D eigenvalue weighted by molar-refractivity contribution is 0.0951. The summed E-state index contributed by atoms with van der Waals surface area (Å²) in [5.74, 6) is -0.278. The minimum atomic E-state index is -0.356. The van der Waals surface area contributed by atoms with Gasteiger partial charge in [0.1, 0.15) is 17.1 Å². The van der Waals surface area contributed by atoms with Gasteiger partial charge in [0.15, 0.2) is 5.76 Å². The first kappa shape index (κ1) is 21.5. The topological polar surface area (TPSA) is 55.1 Å². The second-order valence-electron chi connectivity index (χ2n) is 8.74. The standard InChI is InChI=1S/C27H25FN2O2/c1-27(2,3)21-13-9-18(10-14-21)17-29-26(31)23-24(19-11-15-22(28)16-12-19)30-32-25(23)20-7-5-4-6-8-20/h4-16H,17H2,1-3H3,(H,29,31). The van der Waals surface area contributed by atoms with Gasteiger partial charge in [-0.25, -0.2) is 4.39 Å². The third kappa shape index (κ3) is 4.62. The Morgan fingerprint density at radius 2 is 1.56 bits per heavy atom. The number of carbonyl (C=O) groups excluding carboxylic acids is 1. The number of halogens is 1. The van der Waals surface area contributed by atoms with Crippen molar-refractivity contribution in [3.63, 3.8) is 0 Å². The van der Waals surface area contributed by atoms with Crippen molar-refractivity contribution in [3.05, 3.63) is 101 Å². The van der Waals surface area contributed by atoms with Crippen LogP contribution in [0.5, 0.6) is 0 Å². The molecule has 0 bridgehead atoms. The number of hydrogen-bond acceptors (Lipinski definition) is 3. The summed E-state index contributed by atoms with van der Waals surface area (Å²) in [4.78, 5) is 13.3. The smallest absolute Gasteiger partial charge is 0.257 e. The molecule has 4 rings (SSSR count). The van der Waals surface area contributed by atoms with E-state index in [-0.39, 0.29) is 17.1 Å². The summed E-state index contributed by atoms with van der Waals surface area (Å²) < 4.78 is 19.0. The molecule has 0 saturated carbocycles. The van der Waals surface area contributed by atoms with Crippen LogP contribution < -0.4 is 5.32 Å². The molecule has 4 aromatic rings. The summed E-state index contributed by atoms with van der Waals surface area (Å²) in [6, 6.07) is 23.4. The van der Waals surface area contributed by atoms with Crippen molar-refractivity contribution in [1.82, 2.24) is 10.5 Å². The first-order chi connectivity index (χ1) is 15.3. The van der Waals surface area contributed by atoms with Crippen LogP contribution in [0, 0.1) is 5.82 Å². The normalized spacial score (nSPS) is 11.4. The van der Waals surface area contributed by atoms with Gasteiger partial charge in [-0.2, -0.15) is 0 Å². The lowest BCUT2D eigenvalue weighted by atomic mass is 9.87. The van der Waals surface area contributed by atoms with Crippen molar-refractivity contribution in [1.29, 1.82) is 0 Å². The predicted octanol–water partition coefficient (Wildman–Crippen LogP) is 6.38. The van der Waals surface area contributed by atoms with Crippen molar-refractivity contribution in [3.8, 4) is 22.6 Å². The fourth-order valence-electron chi connectivity index (χ4n) is 3.49. The fraction of sp³-hybridized carbons (Fsp3) is 0.185. The summed E-state index contributed by atoms with van der Waals surface area (Å²) in [7, 11) is 0. The van der Waals surface area contributed by atoms with Gasteiger partial charge in [-0.1, -0.05) is 80.5 Å². The summed E-state index contributed by atoms with van der Waals surface area (Å²) in [6.07, 6.45) is 0. The van der Waals surface area contributed by atoms with Crippen LogP contribution in [-0.4, -0.2) is 11.1 Å². The monoisotopic (exact) mass is 428 g/mol. The molecule has 0 fully saturated rings. The average Bonchev–Trinajstić information content (AvgIpc) is 3.23. The second-order valence-corrected chi connectivity index (χ2v) is 8.74. The van der Waals surface area contributed by atoms with Crippen LogP contribution in [0.2, 0.25) is 0 Å². The maximum atomic E-state index is 13.4. The number of benzene rings is 3. The molecule has 0 spiro atoms. The lowest BCUT2D eigenvalue weighted by Gasteiger charge is -2.19. The molecule has 1 heterocycles. The Bertz CT molecular complexity index is 1210. The maximum absolute atomic E-state index is 13.4. The number of hydrogen-bond donors (Lipinski definition) is 1. The van der Waals surface area contributed by atoms with Gasteiger partial charge in [0.05, 0.1) is 0 Å². The van der Waals surface area contributed by atoms with E-state index in [9.17, 15) is 9.18 Å². The summed E-state index contributed by atoms with van der Waals surface area (Å²) in [5.41, 5.74) is 4.35. The van der Waals surface area contributed by atoms with Gasteiger partial charge in [0, 0.05) is 17.7 Å². The number of aromatic nitrogens is 1. The van der Waals surface area contributed by atoms with E-state index in [0.29, 0.717) is 29.1 Å². The van der Waals surface area contributed by atoms with E-state index < -0.39 is 0 Å². The summed E-state index contributed by atoms with van der Waals surface area (Å²) in [5, 5.41) is 7.13. The van der Waals surface area contributed by atoms with Crippen molar-refractivity contribution in [2.75, 3.05) is 0 Å². The molecular weight excluding hydrogens is 403 g/mol. The van der Waals surface area contributed by atoms with Crippen LogP contribution in [0.3, 0.4) is 0 Å². The molecule has 0 aliphatic heterocycles. The molecule has 0 saturated heterocycles. The molecule has 3 aromatic carbocycles. The molecule has 0 radical (unpaired) electrons. The van der Waals surface area contributed by atoms with E-state index in [4.69, 9.17) is 4.52 Å². The lowest BCUT2D eigenvalue weighted by Crippen LogP contribution is -2.23. The zero-order chi connectivity index (χ0) is 22.7. The Balaban J connectivity index is 1.64. The number of rotatable bonds is 5.